The number of halogens is 3. The van der Waals surface area contributed by atoms with E-state index in [4.69, 9.17) is 0 Å². The number of aromatic amines is 1. The predicted molar refractivity (Wildman–Crippen MR) is 81.5 cm³/mol. The van der Waals surface area contributed by atoms with Crippen LogP contribution >= 0.6 is 0 Å². The molecule has 24 heavy (non-hydrogen) atoms. The quantitative estimate of drug-likeness (QED) is 0.748. The van der Waals surface area contributed by atoms with E-state index in [-0.39, 0.29) is 23.5 Å². The van der Waals surface area contributed by atoms with E-state index in [0.717, 1.165) is 31.4 Å². The summed E-state index contributed by atoms with van der Waals surface area (Å²) in [5.74, 6) is -3.84. The van der Waals surface area contributed by atoms with E-state index in [0.29, 0.717) is 16.9 Å². The van der Waals surface area contributed by atoms with Crippen molar-refractivity contribution in [3.8, 4) is 0 Å². The molecule has 124 valence electrons. The lowest BCUT2D eigenvalue weighted by molar-refractivity contribution is 0.408. The van der Waals surface area contributed by atoms with Crippen molar-refractivity contribution < 1.29 is 13.2 Å². The van der Waals surface area contributed by atoms with Crippen LogP contribution in [0.4, 0.5) is 13.2 Å². The first-order chi connectivity index (χ1) is 11.5. The molecule has 2 heterocycles. The van der Waals surface area contributed by atoms with Gasteiger partial charge in [-0.15, -0.1) is 0 Å². The van der Waals surface area contributed by atoms with Crippen molar-refractivity contribution in [1.29, 1.82) is 0 Å². The van der Waals surface area contributed by atoms with Gasteiger partial charge in [0.1, 0.15) is 0 Å². The Kier molecular flexibility index (Phi) is 3.44. The summed E-state index contributed by atoms with van der Waals surface area (Å²) in [7, 11) is 0. The van der Waals surface area contributed by atoms with Crippen LogP contribution in [0.1, 0.15) is 42.0 Å². The number of nitrogens with zero attached hydrogens (tertiary/aromatic N) is 2. The summed E-state index contributed by atoms with van der Waals surface area (Å²) in [4.78, 5) is 17.3. The van der Waals surface area contributed by atoms with Gasteiger partial charge in [0.15, 0.2) is 23.1 Å². The van der Waals surface area contributed by atoms with Gasteiger partial charge in [-0.05, 0) is 30.5 Å². The van der Waals surface area contributed by atoms with Gasteiger partial charge in [-0.25, -0.2) is 22.7 Å². The topological polar surface area (TPSA) is 50.2 Å². The van der Waals surface area contributed by atoms with Crippen LogP contribution in [0.2, 0.25) is 0 Å². The van der Waals surface area contributed by atoms with Crippen molar-refractivity contribution in [3.63, 3.8) is 0 Å². The lowest BCUT2D eigenvalue weighted by Gasteiger charge is -2.26. The number of fused-ring (bicyclic) bond motifs is 1. The number of aromatic nitrogens is 3. The summed E-state index contributed by atoms with van der Waals surface area (Å²) in [5, 5.41) is 2.78. The number of hydrogen-bond donors (Lipinski definition) is 1. The van der Waals surface area contributed by atoms with Gasteiger partial charge in [0.25, 0.3) is 5.56 Å². The van der Waals surface area contributed by atoms with Crippen LogP contribution in [-0.4, -0.2) is 14.6 Å². The van der Waals surface area contributed by atoms with E-state index >= 15 is 0 Å². The van der Waals surface area contributed by atoms with E-state index < -0.39 is 17.5 Å². The van der Waals surface area contributed by atoms with E-state index in [1.54, 1.807) is 12.3 Å². The first-order valence-corrected chi connectivity index (χ1v) is 7.77. The molecule has 0 unspecified atom stereocenters. The molecule has 0 spiro atoms. The fraction of sp³-hybridized carbons (Fsp3) is 0.294. The average molecular weight is 333 g/mol. The number of benzene rings is 1. The Hall–Kier alpha value is -2.57. The zero-order chi connectivity index (χ0) is 16.8. The highest BCUT2D eigenvalue weighted by Gasteiger charge is 2.27. The molecule has 1 aliphatic rings. The lowest BCUT2D eigenvalue weighted by Crippen LogP contribution is -2.26. The molecule has 2 aromatic heterocycles. The van der Waals surface area contributed by atoms with Crippen LogP contribution in [0.3, 0.4) is 0 Å². The molecule has 0 saturated heterocycles. The summed E-state index contributed by atoms with van der Waals surface area (Å²) in [6, 6.07) is 3.54. The second-order valence-electron chi connectivity index (χ2n) is 6.11. The van der Waals surface area contributed by atoms with Crippen LogP contribution < -0.4 is 5.56 Å². The minimum absolute atomic E-state index is 0.00769. The molecule has 0 bridgehead atoms. The van der Waals surface area contributed by atoms with Crippen molar-refractivity contribution in [2.75, 3.05) is 0 Å². The van der Waals surface area contributed by atoms with Gasteiger partial charge in [-0.1, -0.05) is 6.42 Å². The van der Waals surface area contributed by atoms with E-state index in [9.17, 15) is 18.0 Å². The molecule has 1 saturated carbocycles. The second-order valence-corrected chi connectivity index (χ2v) is 6.11. The van der Waals surface area contributed by atoms with Crippen LogP contribution in [0.5, 0.6) is 0 Å². The molecule has 7 heteroatoms. The maximum absolute atomic E-state index is 13.5. The van der Waals surface area contributed by atoms with E-state index in [2.05, 4.69) is 10.1 Å². The molecule has 1 aromatic carbocycles. The van der Waals surface area contributed by atoms with Gasteiger partial charge in [-0.2, -0.15) is 0 Å². The summed E-state index contributed by atoms with van der Waals surface area (Å²) < 4.78 is 41.4. The highest BCUT2D eigenvalue weighted by molar-refractivity contribution is 5.42. The van der Waals surface area contributed by atoms with Crippen molar-refractivity contribution in [2.24, 2.45) is 0 Å². The zero-order valence-electron chi connectivity index (χ0n) is 12.7. The largest absolute Gasteiger partial charge is 0.297 e. The Morgan fingerprint density at radius 3 is 2.54 bits per heavy atom. The third-order valence-electron chi connectivity index (χ3n) is 4.59. The SMILES string of the molecule is O=c1c(Cc2cc(F)c(F)c(F)c2)c(C2CCC2)nc2cc[nH]n12. The molecule has 0 aliphatic heterocycles. The third-order valence-corrected chi connectivity index (χ3v) is 4.59. The summed E-state index contributed by atoms with van der Waals surface area (Å²) >= 11 is 0. The highest BCUT2D eigenvalue weighted by Crippen LogP contribution is 2.37. The minimum atomic E-state index is -1.51. The van der Waals surface area contributed by atoms with Crippen molar-refractivity contribution in [2.45, 2.75) is 31.6 Å². The Labute approximate surface area is 134 Å². The fourth-order valence-corrected chi connectivity index (χ4v) is 3.11. The highest BCUT2D eigenvalue weighted by atomic mass is 19.2. The van der Waals surface area contributed by atoms with Crippen LogP contribution in [0, 0.1) is 17.5 Å². The molecule has 4 nitrogen and oxygen atoms in total. The molecule has 0 atom stereocenters. The monoisotopic (exact) mass is 333 g/mol. The van der Waals surface area contributed by atoms with Crippen molar-refractivity contribution in [1.82, 2.24) is 14.6 Å². The first kappa shape index (κ1) is 15.0. The van der Waals surface area contributed by atoms with Crippen LogP contribution in [0.25, 0.3) is 5.65 Å². The second kappa shape index (κ2) is 5.51. The Morgan fingerprint density at radius 1 is 1.21 bits per heavy atom. The van der Waals surface area contributed by atoms with Gasteiger partial charge in [-0.3, -0.25) is 9.89 Å². The summed E-state index contributed by atoms with van der Waals surface area (Å²) in [5.41, 5.74) is 1.50. The molecule has 1 N–H and O–H groups in total. The van der Waals surface area contributed by atoms with Gasteiger partial charge in [0.2, 0.25) is 0 Å². The first-order valence-electron chi connectivity index (χ1n) is 7.77. The molecule has 0 radical (unpaired) electrons. The molecule has 4 rings (SSSR count). The maximum atomic E-state index is 13.5. The molecular formula is C17H14F3N3O. The molecule has 1 aliphatic carbocycles. The number of H-pyrrole nitrogens is 1. The average Bonchev–Trinajstić information content (AvgIpc) is 2.95. The van der Waals surface area contributed by atoms with Gasteiger partial charge >= 0.3 is 0 Å². The van der Waals surface area contributed by atoms with Crippen molar-refractivity contribution >= 4 is 5.65 Å². The van der Waals surface area contributed by atoms with Gasteiger partial charge in [0, 0.05) is 30.2 Å². The van der Waals surface area contributed by atoms with Crippen LogP contribution in [-0.2, 0) is 6.42 Å². The fourth-order valence-electron chi connectivity index (χ4n) is 3.11. The predicted octanol–water partition coefficient (Wildman–Crippen LogP) is 3.30. The molecular weight excluding hydrogens is 319 g/mol. The lowest BCUT2D eigenvalue weighted by atomic mass is 9.80. The third kappa shape index (κ3) is 2.31. The Balaban J connectivity index is 1.86. The maximum Gasteiger partial charge on any atom is 0.276 e. The molecule has 1 fully saturated rings. The zero-order valence-corrected chi connectivity index (χ0v) is 12.7. The van der Waals surface area contributed by atoms with Gasteiger partial charge in [0.05, 0.1) is 5.69 Å². The van der Waals surface area contributed by atoms with Crippen LogP contribution in [0.15, 0.2) is 29.2 Å². The number of rotatable bonds is 3. The van der Waals surface area contributed by atoms with Crippen molar-refractivity contribution in [3.05, 3.63) is 69.0 Å². The Morgan fingerprint density at radius 2 is 1.92 bits per heavy atom. The summed E-state index contributed by atoms with van der Waals surface area (Å²) in [6.45, 7) is 0. The minimum Gasteiger partial charge on any atom is -0.297 e. The number of hydrogen-bond acceptors (Lipinski definition) is 2. The summed E-state index contributed by atoms with van der Waals surface area (Å²) in [6.07, 6.45) is 4.56. The van der Waals surface area contributed by atoms with E-state index in [1.807, 2.05) is 0 Å². The standard InChI is InChI=1S/C17H14F3N3O/c18-12-7-9(8-13(19)15(12)20)6-11-16(10-2-1-3-10)22-14-4-5-21-23(14)17(11)24/h4-5,7-8,10,21H,1-3,6H2. The smallest absolute Gasteiger partial charge is 0.276 e. The number of nitrogens with one attached hydrogen (secondary N) is 1. The molecule has 3 aromatic rings. The van der Waals surface area contributed by atoms with Gasteiger partial charge < -0.3 is 0 Å². The Bertz CT molecular complexity index is 965. The normalized spacial score (nSPS) is 15.0. The van der Waals surface area contributed by atoms with E-state index in [1.165, 1.54) is 4.52 Å². The molecule has 0 amide bonds.